The van der Waals surface area contributed by atoms with Crippen LogP contribution in [0.15, 0.2) is 39.2 Å². The molecule has 1 aromatic carbocycles. The topological polar surface area (TPSA) is 74.7 Å². The summed E-state index contributed by atoms with van der Waals surface area (Å²) in [4.78, 5) is 0. The van der Waals surface area contributed by atoms with Crippen LogP contribution in [-0.2, 0) is 13.6 Å². The second-order valence-corrected chi connectivity index (χ2v) is 7.01. The third-order valence-corrected chi connectivity index (χ3v) is 5.44. The van der Waals surface area contributed by atoms with Crippen molar-refractivity contribution in [2.24, 2.45) is 0 Å². The van der Waals surface area contributed by atoms with Crippen molar-refractivity contribution in [2.75, 3.05) is 18.9 Å². The first-order chi connectivity index (χ1) is 10.00. The summed E-state index contributed by atoms with van der Waals surface area (Å²) in [6.45, 7) is 4.06. The molecule has 2 rings (SSSR count). The van der Waals surface area contributed by atoms with Crippen LogP contribution in [0, 0.1) is 0 Å². The van der Waals surface area contributed by atoms with Gasteiger partial charge in [0.15, 0.2) is 0 Å². The van der Waals surface area contributed by atoms with Crippen molar-refractivity contribution in [1.82, 2.24) is 0 Å². The number of rotatable bonds is 6. The maximum atomic E-state index is 12.6. The minimum absolute atomic E-state index is 0.197. The molecule has 2 aromatic rings. The van der Waals surface area contributed by atoms with E-state index in [0.717, 1.165) is 10.0 Å². The second kappa shape index (κ2) is 6.79. The van der Waals surface area contributed by atoms with E-state index < -0.39 is 7.60 Å². The number of furan rings is 1. The standard InChI is InChI=1S/C14H17BrNO4P/c1-3-18-21(17,19-4-2)14-8-7-13(20-14)10-5-6-11(15)12(16)9-10/h5-9H,3-4,16H2,1-2H3. The first kappa shape index (κ1) is 16.3. The average molecular weight is 374 g/mol. The Balaban J connectivity index is 2.36. The quantitative estimate of drug-likeness (QED) is 0.607. The summed E-state index contributed by atoms with van der Waals surface area (Å²) >= 11 is 3.34. The molecule has 0 radical (unpaired) electrons. The summed E-state index contributed by atoms with van der Waals surface area (Å²) in [5.74, 6) is 0.559. The molecule has 1 heterocycles. The Kier molecular flexibility index (Phi) is 5.27. The van der Waals surface area contributed by atoms with Crippen LogP contribution in [0.4, 0.5) is 5.69 Å². The fraction of sp³-hybridized carbons (Fsp3) is 0.286. The van der Waals surface area contributed by atoms with Gasteiger partial charge in [-0.2, -0.15) is 0 Å². The second-order valence-electron chi connectivity index (χ2n) is 4.21. The smallest absolute Gasteiger partial charge is 0.396 e. The fourth-order valence-corrected chi connectivity index (χ4v) is 3.55. The molecule has 0 saturated carbocycles. The molecule has 0 atom stereocenters. The fourth-order valence-electron chi connectivity index (χ4n) is 1.83. The van der Waals surface area contributed by atoms with E-state index in [1.54, 1.807) is 32.0 Å². The summed E-state index contributed by atoms with van der Waals surface area (Å²) < 4.78 is 29.6. The van der Waals surface area contributed by atoms with E-state index in [1.807, 2.05) is 12.1 Å². The highest BCUT2D eigenvalue weighted by Gasteiger charge is 2.31. The Morgan fingerprint density at radius 2 is 1.86 bits per heavy atom. The maximum Gasteiger partial charge on any atom is 0.396 e. The maximum absolute atomic E-state index is 12.6. The number of nitrogen functional groups attached to an aromatic ring is 1. The monoisotopic (exact) mass is 373 g/mol. The minimum atomic E-state index is -3.40. The Hall–Kier alpha value is -1.07. The van der Waals surface area contributed by atoms with Crippen molar-refractivity contribution in [3.05, 3.63) is 34.8 Å². The van der Waals surface area contributed by atoms with E-state index in [2.05, 4.69) is 15.9 Å². The van der Waals surface area contributed by atoms with E-state index in [1.165, 1.54) is 0 Å². The molecule has 0 bridgehead atoms. The molecule has 114 valence electrons. The number of halogens is 1. The van der Waals surface area contributed by atoms with E-state index >= 15 is 0 Å². The third kappa shape index (κ3) is 3.58. The van der Waals surface area contributed by atoms with Gasteiger partial charge in [-0.05, 0) is 60.1 Å². The van der Waals surface area contributed by atoms with Gasteiger partial charge in [-0.25, -0.2) is 0 Å². The van der Waals surface area contributed by atoms with Crippen molar-refractivity contribution in [3.8, 4) is 11.3 Å². The summed E-state index contributed by atoms with van der Waals surface area (Å²) in [6, 6.07) is 8.80. The van der Waals surface area contributed by atoms with E-state index in [4.69, 9.17) is 19.2 Å². The van der Waals surface area contributed by atoms with Crippen molar-refractivity contribution >= 4 is 34.7 Å². The summed E-state index contributed by atoms with van der Waals surface area (Å²) in [5.41, 5.74) is 7.44. The van der Waals surface area contributed by atoms with Gasteiger partial charge < -0.3 is 19.2 Å². The molecule has 7 heteroatoms. The predicted octanol–water partition coefficient (Wildman–Crippen LogP) is 4.18. The molecule has 2 N–H and O–H groups in total. The SMILES string of the molecule is CCOP(=O)(OCC)c1ccc(-c2ccc(Br)c(N)c2)o1. The van der Waals surface area contributed by atoms with Crippen LogP contribution < -0.4 is 11.2 Å². The molecule has 0 aliphatic carbocycles. The van der Waals surface area contributed by atoms with Gasteiger partial charge in [0.1, 0.15) is 5.76 Å². The van der Waals surface area contributed by atoms with Gasteiger partial charge in [0, 0.05) is 15.7 Å². The molecule has 0 saturated heterocycles. The first-order valence-electron chi connectivity index (χ1n) is 6.55. The van der Waals surface area contributed by atoms with E-state index in [9.17, 15) is 4.57 Å². The number of anilines is 1. The number of hydrogen-bond acceptors (Lipinski definition) is 5. The Morgan fingerprint density at radius 3 is 2.43 bits per heavy atom. The zero-order valence-electron chi connectivity index (χ0n) is 11.8. The lowest BCUT2D eigenvalue weighted by Crippen LogP contribution is -2.08. The number of nitrogens with two attached hydrogens (primary N) is 1. The highest BCUT2D eigenvalue weighted by atomic mass is 79.9. The van der Waals surface area contributed by atoms with Crippen LogP contribution in [0.2, 0.25) is 0 Å². The third-order valence-electron chi connectivity index (χ3n) is 2.74. The molecular weight excluding hydrogens is 357 g/mol. The molecule has 0 aliphatic heterocycles. The highest BCUT2D eigenvalue weighted by molar-refractivity contribution is 9.10. The van der Waals surface area contributed by atoms with Crippen LogP contribution in [0.3, 0.4) is 0 Å². The Bertz CT molecular complexity index is 661. The Labute approximate surface area is 132 Å². The van der Waals surface area contributed by atoms with Gasteiger partial charge in [0.05, 0.1) is 13.2 Å². The van der Waals surface area contributed by atoms with Gasteiger partial charge in [-0.1, -0.05) is 0 Å². The van der Waals surface area contributed by atoms with Gasteiger partial charge in [-0.3, -0.25) is 4.57 Å². The summed E-state index contributed by atoms with van der Waals surface area (Å²) in [5, 5.41) is 0. The minimum Gasteiger partial charge on any atom is -0.448 e. The molecule has 1 aromatic heterocycles. The Morgan fingerprint density at radius 1 is 1.19 bits per heavy atom. The van der Waals surface area contributed by atoms with E-state index in [0.29, 0.717) is 11.4 Å². The van der Waals surface area contributed by atoms with Gasteiger partial charge in [-0.15, -0.1) is 0 Å². The molecule has 0 fully saturated rings. The molecule has 0 amide bonds. The molecule has 0 aliphatic rings. The van der Waals surface area contributed by atoms with Crippen molar-refractivity contribution in [2.45, 2.75) is 13.8 Å². The van der Waals surface area contributed by atoms with Crippen molar-refractivity contribution in [3.63, 3.8) is 0 Å². The van der Waals surface area contributed by atoms with Gasteiger partial charge in [0.25, 0.3) is 0 Å². The summed E-state index contributed by atoms with van der Waals surface area (Å²) in [6.07, 6.45) is 0. The zero-order chi connectivity index (χ0) is 15.5. The van der Waals surface area contributed by atoms with Crippen LogP contribution in [0.1, 0.15) is 13.8 Å². The zero-order valence-corrected chi connectivity index (χ0v) is 14.3. The van der Waals surface area contributed by atoms with Crippen LogP contribution >= 0.6 is 23.5 Å². The van der Waals surface area contributed by atoms with Crippen LogP contribution in [0.25, 0.3) is 11.3 Å². The predicted molar refractivity (Wildman–Crippen MR) is 86.7 cm³/mol. The first-order valence-corrected chi connectivity index (χ1v) is 8.88. The normalized spacial score (nSPS) is 11.8. The average Bonchev–Trinajstić information content (AvgIpc) is 2.93. The van der Waals surface area contributed by atoms with Gasteiger partial charge >= 0.3 is 7.60 Å². The summed E-state index contributed by atoms with van der Waals surface area (Å²) in [7, 11) is -3.40. The largest absolute Gasteiger partial charge is 0.448 e. The highest BCUT2D eigenvalue weighted by Crippen LogP contribution is 2.47. The molecule has 5 nitrogen and oxygen atoms in total. The lowest BCUT2D eigenvalue weighted by molar-refractivity contribution is 0.225. The van der Waals surface area contributed by atoms with Crippen LogP contribution in [-0.4, -0.2) is 13.2 Å². The van der Waals surface area contributed by atoms with Crippen LogP contribution in [0.5, 0.6) is 0 Å². The molecule has 0 unspecified atom stereocenters. The molecule has 0 spiro atoms. The molecule has 21 heavy (non-hydrogen) atoms. The van der Waals surface area contributed by atoms with Crippen molar-refractivity contribution in [1.29, 1.82) is 0 Å². The number of hydrogen-bond donors (Lipinski definition) is 1. The number of benzene rings is 1. The molecular formula is C14H17BrNO4P. The lowest BCUT2D eigenvalue weighted by Gasteiger charge is -2.14. The van der Waals surface area contributed by atoms with Crippen molar-refractivity contribution < 1.29 is 18.0 Å². The van der Waals surface area contributed by atoms with Gasteiger partial charge in [0.2, 0.25) is 5.50 Å². The van der Waals surface area contributed by atoms with E-state index in [-0.39, 0.29) is 18.7 Å². The lowest BCUT2D eigenvalue weighted by atomic mass is 10.1.